The molecule has 0 saturated heterocycles. The topological polar surface area (TPSA) is 64.4 Å². The fourth-order valence-corrected chi connectivity index (χ4v) is 2.80. The minimum atomic E-state index is -0.0470. The molecule has 0 aliphatic heterocycles. The Balaban J connectivity index is 1.48. The summed E-state index contributed by atoms with van der Waals surface area (Å²) in [6.45, 7) is 2.47. The van der Waals surface area contributed by atoms with E-state index in [4.69, 9.17) is 9.15 Å². The molecule has 1 aromatic heterocycles. The fraction of sp³-hybridized carbons (Fsp3) is 0.263. The number of halogens is 1. The second-order valence-corrected chi connectivity index (χ2v) is 6.43. The van der Waals surface area contributed by atoms with Crippen molar-refractivity contribution in [2.24, 2.45) is 0 Å². The Morgan fingerprint density at radius 1 is 1.28 bits per heavy atom. The summed E-state index contributed by atoms with van der Waals surface area (Å²) < 4.78 is 12.1. The van der Waals surface area contributed by atoms with Crippen molar-refractivity contribution in [3.05, 3.63) is 52.8 Å². The number of para-hydroxylation sites is 1. The van der Waals surface area contributed by atoms with Crippen molar-refractivity contribution in [1.29, 1.82) is 0 Å². The normalized spacial score (nSPS) is 10.8. The van der Waals surface area contributed by atoms with E-state index in [1.54, 1.807) is 0 Å². The lowest BCUT2D eigenvalue weighted by Gasteiger charge is -2.08. The molecule has 0 radical (unpaired) electrons. The largest absolute Gasteiger partial charge is 0.492 e. The first-order valence-electron chi connectivity index (χ1n) is 8.22. The second kappa shape index (κ2) is 8.16. The maximum absolute atomic E-state index is 12.1. The molecule has 0 fully saturated rings. The number of hydrogen-bond donors (Lipinski definition) is 1. The van der Waals surface area contributed by atoms with Crippen LogP contribution in [0.5, 0.6) is 5.75 Å². The number of benzene rings is 2. The van der Waals surface area contributed by atoms with Gasteiger partial charge in [0.2, 0.25) is 5.91 Å². The van der Waals surface area contributed by atoms with E-state index in [1.165, 1.54) is 0 Å². The predicted molar refractivity (Wildman–Crippen MR) is 101 cm³/mol. The molecular weight excluding hydrogens is 384 g/mol. The molecule has 2 aromatic carbocycles. The summed E-state index contributed by atoms with van der Waals surface area (Å²) in [7, 11) is 0. The first-order chi connectivity index (χ1) is 12.2. The second-order valence-electron chi connectivity index (χ2n) is 5.57. The van der Waals surface area contributed by atoms with E-state index in [1.807, 2.05) is 49.4 Å². The highest BCUT2D eigenvalue weighted by molar-refractivity contribution is 9.10. The van der Waals surface area contributed by atoms with E-state index in [0.717, 1.165) is 33.4 Å². The van der Waals surface area contributed by atoms with Crippen molar-refractivity contribution >= 4 is 38.6 Å². The third-order valence-electron chi connectivity index (χ3n) is 3.66. The first kappa shape index (κ1) is 17.5. The molecule has 3 rings (SSSR count). The molecule has 6 heteroatoms. The van der Waals surface area contributed by atoms with Gasteiger partial charge in [-0.2, -0.15) is 0 Å². The van der Waals surface area contributed by atoms with Crippen LogP contribution < -0.4 is 10.1 Å². The first-order valence-corrected chi connectivity index (χ1v) is 9.01. The maximum atomic E-state index is 12.1. The summed E-state index contributed by atoms with van der Waals surface area (Å²) in [5, 5.41) is 2.89. The van der Waals surface area contributed by atoms with E-state index >= 15 is 0 Å². The zero-order chi connectivity index (χ0) is 17.6. The quantitative estimate of drug-likeness (QED) is 0.567. The van der Waals surface area contributed by atoms with Gasteiger partial charge in [0.15, 0.2) is 11.5 Å². The molecule has 25 heavy (non-hydrogen) atoms. The number of fused-ring (bicyclic) bond motifs is 1. The van der Waals surface area contributed by atoms with Gasteiger partial charge >= 0.3 is 0 Å². The number of amides is 1. The van der Waals surface area contributed by atoms with Gasteiger partial charge in [0.1, 0.15) is 11.3 Å². The lowest BCUT2D eigenvalue weighted by Crippen LogP contribution is -2.12. The van der Waals surface area contributed by atoms with Crippen molar-refractivity contribution in [2.45, 2.75) is 26.2 Å². The van der Waals surface area contributed by atoms with Crippen LogP contribution in [0.3, 0.4) is 0 Å². The lowest BCUT2D eigenvalue weighted by atomic mass is 10.2. The van der Waals surface area contributed by atoms with Crippen molar-refractivity contribution in [3.8, 4) is 5.75 Å². The van der Waals surface area contributed by atoms with Gasteiger partial charge in [0.25, 0.3) is 0 Å². The van der Waals surface area contributed by atoms with E-state index in [-0.39, 0.29) is 5.91 Å². The molecular formula is C19H19BrN2O3. The smallest absolute Gasteiger partial charge is 0.224 e. The van der Waals surface area contributed by atoms with Crippen molar-refractivity contribution < 1.29 is 13.9 Å². The number of aromatic nitrogens is 1. The summed E-state index contributed by atoms with van der Waals surface area (Å²) in [5.41, 5.74) is 2.21. The number of rotatable bonds is 7. The molecule has 0 atom stereocenters. The van der Waals surface area contributed by atoms with Crippen LogP contribution in [0.15, 0.2) is 51.4 Å². The number of anilines is 1. The number of aryl methyl sites for hydroxylation is 1. The lowest BCUT2D eigenvalue weighted by molar-refractivity contribution is -0.116. The Kier molecular flexibility index (Phi) is 5.71. The van der Waals surface area contributed by atoms with Crippen LogP contribution in [0.4, 0.5) is 5.69 Å². The number of oxazole rings is 1. The van der Waals surface area contributed by atoms with Crippen LogP contribution in [0.2, 0.25) is 0 Å². The molecule has 0 bridgehead atoms. The molecule has 0 saturated carbocycles. The zero-order valence-corrected chi connectivity index (χ0v) is 15.5. The SMILES string of the molecule is CCc1nc2cc(NC(=O)CCCOc3ccccc3Br)ccc2o1. The number of ether oxygens (including phenoxy) is 1. The molecule has 1 heterocycles. The average molecular weight is 403 g/mol. The van der Waals surface area contributed by atoms with Gasteiger partial charge in [0.05, 0.1) is 11.1 Å². The molecule has 0 aliphatic carbocycles. The van der Waals surface area contributed by atoms with Gasteiger partial charge in [-0.05, 0) is 52.7 Å². The van der Waals surface area contributed by atoms with Crippen LogP contribution in [0.25, 0.3) is 11.1 Å². The van der Waals surface area contributed by atoms with E-state index < -0.39 is 0 Å². The molecule has 1 amide bonds. The maximum Gasteiger partial charge on any atom is 0.224 e. The van der Waals surface area contributed by atoms with Crippen LogP contribution in [-0.2, 0) is 11.2 Å². The summed E-state index contributed by atoms with van der Waals surface area (Å²) >= 11 is 3.43. The Morgan fingerprint density at radius 2 is 2.12 bits per heavy atom. The summed E-state index contributed by atoms with van der Waals surface area (Å²) in [6, 6.07) is 13.1. The van der Waals surface area contributed by atoms with Crippen molar-refractivity contribution in [3.63, 3.8) is 0 Å². The molecule has 5 nitrogen and oxygen atoms in total. The summed E-state index contributed by atoms with van der Waals surface area (Å²) in [5.74, 6) is 1.43. The number of nitrogens with one attached hydrogen (secondary N) is 1. The van der Waals surface area contributed by atoms with E-state index in [2.05, 4.69) is 26.2 Å². The highest BCUT2D eigenvalue weighted by atomic mass is 79.9. The molecule has 1 N–H and O–H groups in total. The van der Waals surface area contributed by atoms with Crippen LogP contribution >= 0.6 is 15.9 Å². The van der Waals surface area contributed by atoms with Crippen LogP contribution in [0, 0.1) is 0 Å². The van der Waals surface area contributed by atoms with Crippen molar-refractivity contribution in [1.82, 2.24) is 4.98 Å². The number of carbonyl (C=O) groups is 1. The molecule has 0 aliphatic rings. The van der Waals surface area contributed by atoms with Gasteiger partial charge in [-0.1, -0.05) is 19.1 Å². The summed E-state index contributed by atoms with van der Waals surface area (Å²) in [6.07, 6.45) is 1.77. The van der Waals surface area contributed by atoms with E-state index in [0.29, 0.717) is 25.3 Å². The minimum Gasteiger partial charge on any atom is -0.492 e. The average Bonchev–Trinajstić information content (AvgIpc) is 3.02. The van der Waals surface area contributed by atoms with Gasteiger partial charge in [0, 0.05) is 18.5 Å². The Morgan fingerprint density at radius 3 is 2.92 bits per heavy atom. The standard InChI is InChI=1S/C19H19BrN2O3/c1-2-19-22-15-12-13(9-10-17(15)25-19)21-18(23)8-5-11-24-16-7-4-3-6-14(16)20/h3-4,6-7,9-10,12H,2,5,8,11H2,1H3,(H,21,23). The molecule has 0 unspecified atom stereocenters. The third-order valence-corrected chi connectivity index (χ3v) is 4.32. The molecule has 0 spiro atoms. The van der Waals surface area contributed by atoms with E-state index in [9.17, 15) is 4.79 Å². The Labute approximate surface area is 154 Å². The molecule has 3 aromatic rings. The zero-order valence-electron chi connectivity index (χ0n) is 13.9. The van der Waals surface area contributed by atoms with Gasteiger partial charge in [-0.25, -0.2) is 4.98 Å². The number of carbonyl (C=O) groups excluding carboxylic acids is 1. The Hall–Kier alpha value is -2.34. The highest BCUT2D eigenvalue weighted by Crippen LogP contribution is 2.24. The van der Waals surface area contributed by atoms with Crippen LogP contribution in [-0.4, -0.2) is 17.5 Å². The minimum absolute atomic E-state index is 0.0470. The van der Waals surface area contributed by atoms with Crippen LogP contribution in [0.1, 0.15) is 25.7 Å². The van der Waals surface area contributed by atoms with Gasteiger partial charge in [-0.3, -0.25) is 4.79 Å². The monoisotopic (exact) mass is 402 g/mol. The van der Waals surface area contributed by atoms with Gasteiger partial charge < -0.3 is 14.5 Å². The summed E-state index contributed by atoms with van der Waals surface area (Å²) in [4.78, 5) is 16.4. The fourth-order valence-electron chi connectivity index (χ4n) is 2.40. The van der Waals surface area contributed by atoms with Gasteiger partial charge in [-0.15, -0.1) is 0 Å². The number of nitrogens with zero attached hydrogens (tertiary/aromatic N) is 1. The Bertz CT molecular complexity index is 876. The van der Waals surface area contributed by atoms with Crippen molar-refractivity contribution in [2.75, 3.05) is 11.9 Å². The number of hydrogen-bond acceptors (Lipinski definition) is 4. The molecule has 130 valence electrons. The predicted octanol–water partition coefficient (Wildman–Crippen LogP) is 4.95. The highest BCUT2D eigenvalue weighted by Gasteiger charge is 2.08. The third kappa shape index (κ3) is 4.60.